The predicted octanol–water partition coefficient (Wildman–Crippen LogP) is 1.30. The number of aryl methyl sites for hydroxylation is 1. The van der Waals surface area contributed by atoms with Gasteiger partial charge in [-0.2, -0.15) is 0 Å². The van der Waals surface area contributed by atoms with Crippen LogP contribution in [0.2, 0.25) is 0 Å². The molecule has 0 saturated carbocycles. The van der Waals surface area contributed by atoms with Crippen LogP contribution >= 0.6 is 11.8 Å². The smallest absolute Gasteiger partial charge is 0.106 e. The molecule has 1 aliphatic rings. The van der Waals surface area contributed by atoms with E-state index in [2.05, 4.69) is 16.5 Å². The van der Waals surface area contributed by atoms with Crippen LogP contribution in [-0.4, -0.2) is 15.3 Å². The number of rotatable bonds is 0. The average molecular weight is 140 g/mol. The van der Waals surface area contributed by atoms with Crippen LogP contribution in [0.25, 0.3) is 0 Å². The zero-order valence-corrected chi connectivity index (χ0v) is 6.11. The highest BCUT2D eigenvalue weighted by molar-refractivity contribution is 7.99. The summed E-state index contributed by atoms with van der Waals surface area (Å²) in [6.45, 7) is 3.20. The minimum Gasteiger partial charge on any atom is -0.323 e. The molecule has 0 N–H and O–H groups in total. The van der Waals surface area contributed by atoms with Gasteiger partial charge in [-0.15, -0.1) is 11.8 Å². The molecule has 1 aromatic heterocycles. The zero-order chi connectivity index (χ0) is 6.27. The fourth-order valence-corrected chi connectivity index (χ4v) is 2.07. The maximum absolute atomic E-state index is 4.18. The van der Waals surface area contributed by atoms with Crippen LogP contribution in [0.5, 0.6) is 0 Å². The van der Waals surface area contributed by atoms with Crippen LogP contribution in [0.15, 0.2) is 11.2 Å². The molecule has 3 heteroatoms. The van der Waals surface area contributed by atoms with Crippen LogP contribution in [-0.2, 0) is 6.54 Å². The molecule has 2 heterocycles. The van der Waals surface area contributed by atoms with Crippen molar-refractivity contribution in [3.05, 3.63) is 12.0 Å². The molecular weight excluding hydrogens is 132 g/mol. The van der Waals surface area contributed by atoms with Crippen molar-refractivity contribution in [1.29, 1.82) is 0 Å². The van der Waals surface area contributed by atoms with Gasteiger partial charge in [0.25, 0.3) is 0 Å². The Kier molecular flexibility index (Phi) is 1.05. The normalized spacial score (nSPS) is 16.1. The molecule has 0 amide bonds. The van der Waals surface area contributed by atoms with E-state index in [4.69, 9.17) is 0 Å². The van der Waals surface area contributed by atoms with Crippen LogP contribution in [0.3, 0.4) is 0 Å². The lowest BCUT2D eigenvalue weighted by Crippen LogP contribution is -1.95. The summed E-state index contributed by atoms with van der Waals surface area (Å²) in [7, 11) is 0. The van der Waals surface area contributed by atoms with Crippen molar-refractivity contribution in [2.45, 2.75) is 18.5 Å². The van der Waals surface area contributed by atoms with Gasteiger partial charge < -0.3 is 4.57 Å². The van der Waals surface area contributed by atoms with E-state index < -0.39 is 0 Å². The lowest BCUT2D eigenvalue weighted by molar-refractivity contribution is 0.707. The molecule has 1 aliphatic heterocycles. The van der Waals surface area contributed by atoms with E-state index in [1.165, 1.54) is 10.8 Å². The molecule has 0 saturated heterocycles. The molecule has 0 spiro atoms. The first-order valence-electron chi connectivity index (χ1n) is 3.03. The van der Waals surface area contributed by atoms with Crippen molar-refractivity contribution in [2.24, 2.45) is 0 Å². The molecule has 9 heavy (non-hydrogen) atoms. The van der Waals surface area contributed by atoms with E-state index in [1.54, 1.807) is 0 Å². The lowest BCUT2D eigenvalue weighted by atomic mass is 10.6. The van der Waals surface area contributed by atoms with E-state index in [1.807, 2.05) is 18.0 Å². The Morgan fingerprint density at radius 1 is 1.78 bits per heavy atom. The Hall–Kier alpha value is -0.440. The van der Waals surface area contributed by atoms with Crippen LogP contribution in [0, 0.1) is 6.92 Å². The van der Waals surface area contributed by atoms with Crippen LogP contribution < -0.4 is 0 Å². The number of nitrogens with zero attached hydrogens (tertiary/aromatic N) is 2. The maximum Gasteiger partial charge on any atom is 0.106 e. The van der Waals surface area contributed by atoms with Crippen LogP contribution in [0.4, 0.5) is 0 Å². The third-order valence-electron chi connectivity index (χ3n) is 1.58. The maximum atomic E-state index is 4.18. The molecule has 1 aromatic rings. The minimum absolute atomic E-state index is 1.14. The molecule has 0 aromatic carbocycles. The number of aromatic nitrogens is 2. The number of fused-ring (bicyclic) bond motifs is 1. The summed E-state index contributed by atoms with van der Waals surface area (Å²) < 4.78 is 2.25. The molecule has 0 unspecified atom stereocenters. The number of hydrogen-bond acceptors (Lipinski definition) is 2. The third kappa shape index (κ3) is 0.678. The summed E-state index contributed by atoms with van der Waals surface area (Å²) in [5.41, 5.74) is 0. The molecular formula is C6H8N2S. The van der Waals surface area contributed by atoms with Gasteiger partial charge in [0.1, 0.15) is 5.82 Å². The SMILES string of the molecule is Cc1ncc2n1CCS2. The van der Waals surface area contributed by atoms with Crippen molar-refractivity contribution < 1.29 is 0 Å². The fourth-order valence-electron chi connectivity index (χ4n) is 1.08. The molecule has 0 fully saturated rings. The highest BCUT2D eigenvalue weighted by Gasteiger charge is 2.12. The van der Waals surface area contributed by atoms with Gasteiger partial charge in [-0.25, -0.2) is 4.98 Å². The van der Waals surface area contributed by atoms with Crippen molar-refractivity contribution in [3.8, 4) is 0 Å². The Labute approximate surface area is 58.3 Å². The second kappa shape index (κ2) is 1.77. The van der Waals surface area contributed by atoms with E-state index >= 15 is 0 Å². The molecule has 48 valence electrons. The fraction of sp³-hybridized carbons (Fsp3) is 0.500. The Morgan fingerprint density at radius 3 is 3.44 bits per heavy atom. The second-order valence-electron chi connectivity index (χ2n) is 2.14. The van der Waals surface area contributed by atoms with Gasteiger partial charge in [0.15, 0.2) is 0 Å². The first-order valence-corrected chi connectivity index (χ1v) is 4.01. The largest absolute Gasteiger partial charge is 0.323 e. The van der Waals surface area contributed by atoms with Gasteiger partial charge in [0.2, 0.25) is 0 Å². The first kappa shape index (κ1) is 5.35. The number of hydrogen-bond donors (Lipinski definition) is 0. The zero-order valence-electron chi connectivity index (χ0n) is 5.29. The van der Waals surface area contributed by atoms with E-state index in [0.29, 0.717) is 0 Å². The van der Waals surface area contributed by atoms with E-state index in [0.717, 1.165) is 12.4 Å². The molecule has 2 rings (SSSR count). The minimum atomic E-state index is 1.14. The summed E-state index contributed by atoms with van der Waals surface area (Å²) in [6.07, 6.45) is 1.95. The standard InChI is InChI=1S/C6H8N2S/c1-5-7-4-6-8(5)2-3-9-6/h4H,2-3H2,1H3. The van der Waals surface area contributed by atoms with E-state index in [9.17, 15) is 0 Å². The first-order chi connectivity index (χ1) is 4.38. The summed E-state index contributed by atoms with van der Waals surface area (Å²) in [5.74, 6) is 2.37. The highest BCUT2D eigenvalue weighted by atomic mass is 32.2. The molecule has 2 nitrogen and oxygen atoms in total. The summed E-state index contributed by atoms with van der Waals surface area (Å²) in [4.78, 5) is 4.18. The Bertz CT molecular complexity index is 229. The van der Waals surface area contributed by atoms with Gasteiger partial charge >= 0.3 is 0 Å². The quantitative estimate of drug-likeness (QED) is 0.540. The van der Waals surface area contributed by atoms with Gasteiger partial charge in [0.05, 0.1) is 11.2 Å². The molecule has 0 atom stereocenters. The second-order valence-corrected chi connectivity index (χ2v) is 3.26. The molecule has 0 bridgehead atoms. The van der Waals surface area contributed by atoms with Crippen molar-refractivity contribution >= 4 is 11.8 Å². The highest BCUT2D eigenvalue weighted by Crippen LogP contribution is 2.25. The van der Waals surface area contributed by atoms with Crippen molar-refractivity contribution in [1.82, 2.24) is 9.55 Å². The van der Waals surface area contributed by atoms with Gasteiger partial charge in [-0.05, 0) is 6.92 Å². The lowest BCUT2D eigenvalue weighted by Gasteiger charge is -1.94. The number of imidazole rings is 1. The summed E-state index contributed by atoms with van der Waals surface area (Å²) >= 11 is 1.89. The summed E-state index contributed by atoms with van der Waals surface area (Å²) in [6, 6.07) is 0. The van der Waals surface area contributed by atoms with Gasteiger partial charge in [-0.1, -0.05) is 0 Å². The van der Waals surface area contributed by atoms with Gasteiger partial charge in [-0.3, -0.25) is 0 Å². The predicted molar refractivity (Wildman–Crippen MR) is 37.7 cm³/mol. The Morgan fingerprint density at radius 2 is 2.67 bits per heavy atom. The van der Waals surface area contributed by atoms with Crippen molar-refractivity contribution in [2.75, 3.05) is 5.75 Å². The monoisotopic (exact) mass is 140 g/mol. The third-order valence-corrected chi connectivity index (χ3v) is 2.59. The summed E-state index contributed by atoms with van der Waals surface area (Å²) in [5, 5.41) is 1.33. The van der Waals surface area contributed by atoms with Crippen LogP contribution in [0.1, 0.15) is 5.82 Å². The Balaban J connectivity index is 2.56. The number of thioether (sulfide) groups is 1. The molecule has 0 radical (unpaired) electrons. The van der Waals surface area contributed by atoms with Gasteiger partial charge in [0, 0.05) is 12.3 Å². The molecule has 0 aliphatic carbocycles. The van der Waals surface area contributed by atoms with E-state index in [-0.39, 0.29) is 0 Å². The topological polar surface area (TPSA) is 17.8 Å². The van der Waals surface area contributed by atoms with Crippen molar-refractivity contribution in [3.63, 3.8) is 0 Å². The average Bonchev–Trinajstić information content (AvgIpc) is 2.35.